The molecule has 2 unspecified atom stereocenters. The average Bonchev–Trinajstić information content (AvgIpc) is 2.86. The van der Waals surface area contributed by atoms with Crippen LogP contribution in [-0.2, 0) is 6.42 Å². The van der Waals surface area contributed by atoms with E-state index >= 15 is 0 Å². The van der Waals surface area contributed by atoms with Crippen molar-refractivity contribution in [2.75, 3.05) is 25.2 Å². The Kier molecular flexibility index (Phi) is 5.52. The Bertz CT molecular complexity index is 413. The molecule has 0 bridgehead atoms. The predicted octanol–water partition coefficient (Wildman–Crippen LogP) is 3.11. The molecular formula is C15H22FNOS. The zero-order valence-electron chi connectivity index (χ0n) is 11.6. The number of nitrogens with one attached hydrogen (secondary N) is 1. The van der Waals surface area contributed by atoms with E-state index < -0.39 is 0 Å². The van der Waals surface area contributed by atoms with Gasteiger partial charge in [-0.05, 0) is 42.7 Å². The van der Waals surface area contributed by atoms with Gasteiger partial charge >= 0.3 is 0 Å². The van der Waals surface area contributed by atoms with Crippen LogP contribution in [0.3, 0.4) is 0 Å². The summed E-state index contributed by atoms with van der Waals surface area (Å²) in [5.41, 5.74) is 0.773. The summed E-state index contributed by atoms with van der Waals surface area (Å²) >= 11 is 1.96. The van der Waals surface area contributed by atoms with Crippen LogP contribution < -0.4 is 10.1 Å². The zero-order valence-corrected chi connectivity index (χ0v) is 12.4. The van der Waals surface area contributed by atoms with Crippen molar-refractivity contribution < 1.29 is 9.13 Å². The fraction of sp³-hybridized carbons (Fsp3) is 0.600. The van der Waals surface area contributed by atoms with E-state index in [1.807, 2.05) is 23.9 Å². The van der Waals surface area contributed by atoms with Crippen molar-refractivity contribution in [1.82, 2.24) is 5.32 Å². The van der Waals surface area contributed by atoms with Crippen molar-refractivity contribution in [2.24, 2.45) is 5.92 Å². The third-order valence-corrected chi connectivity index (χ3v) is 4.86. The van der Waals surface area contributed by atoms with Gasteiger partial charge in [0.05, 0.1) is 7.11 Å². The van der Waals surface area contributed by atoms with Gasteiger partial charge in [0.2, 0.25) is 0 Å². The highest BCUT2D eigenvalue weighted by atomic mass is 32.2. The lowest BCUT2D eigenvalue weighted by molar-refractivity contribution is 0.378. The van der Waals surface area contributed by atoms with Crippen molar-refractivity contribution in [1.29, 1.82) is 0 Å². The summed E-state index contributed by atoms with van der Waals surface area (Å²) in [5, 5.41) is 3.58. The molecule has 2 nitrogen and oxygen atoms in total. The van der Waals surface area contributed by atoms with Gasteiger partial charge in [-0.3, -0.25) is 0 Å². The standard InChI is InChI=1S/C15H22FNOS/c1-3-7-17-13-10-19-9-12(13)8-11-5-4-6-14(18-2)15(11)16/h4-6,12-13,17H,3,7-10H2,1-2H3. The molecule has 1 fully saturated rings. The average molecular weight is 283 g/mol. The van der Waals surface area contributed by atoms with Gasteiger partial charge in [-0.25, -0.2) is 4.39 Å². The number of rotatable bonds is 6. The smallest absolute Gasteiger partial charge is 0.168 e. The largest absolute Gasteiger partial charge is 0.494 e. The monoisotopic (exact) mass is 283 g/mol. The predicted molar refractivity (Wildman–Crippen MR) is 79.6 cm³/mol. The number of hydrogen-bond donors (Lipinski definition) is 1. The summed E-state index contributed by atoms with van der Waals surface area (Å²) in [6.07, 6.45) is 1.93. The van der Waals surface area contributed by atoms with Crippen LogP contribution in [0.25, 0.3) is 0 Å². The fourth-order valence-corrected chi connectivity index (χ4v) is 3.94. The lowest BCUT2D eigenvalue weighted by Gasteiger charge is -2.20. The van der Waals surface area contributed by atoms with E-state index in [4.69, 9.17) is 4.74 Å². The molecule has 1 N–H and O–H groups in total. The summed E-state index contributed by atoms with van der Waals surface area (Å²) in [7, 11) is 1.51. The molecule has 0 radical (unpaired) electrons. The SMILES string of the molecule is CCCNC1CSCC1Cc1cccc(OC)c1F. The molecule has 2 rings (SSSR count). The summed E-state index contributed by atoms with van der Waals surface area (Å²) < 4.78 is 19.2. The van der Waals surface area contributed by atoms with Crippen LogP contribution in [0.4, 0.5) is 4.39 Å². The van der Waals surface area contributed by atoms with Crippen LogP contribution >= 0.6 is 11.8 Å². The highest BCUT2D eigenvalue weighted by Crippen LogP contribution is 2.30. The van der Waals surface area contributed by atoms with Crippen molar-refractivity contribution >= 4 is 11.8 Å². The molecule has 1 aromatic carbocycles. The maximum Gasteiger partial charge on any atom is 0.168 e. The van der Waals surface area contributed by atoms with E-state index in [2.05, 4.69) is 12.2 Å². The summed E-state index contributed by atoms with van der Waals surface area (Å²) in [4.78, 5) is 0. The quantitative estimate of drug-likeness (QED) is 0.867. The van der Waals surface area contributed by atoms with Crippen LogP contribution in [0.2, 0.25) is 0 Å². The number of benzene rings is 1. The lowest BCUT2D eigenvalue weighted by atomic mass is 9.94. The normalized spacial score (nSPS) is 22.7. The van der Waals surface area contributed by atoms with Gasteiger partial charge in [-0.15, -0.1) is 0 Å². The molecule has 1 aliphatic rings. The first-order chi connectivity index (χ1) is 9.26. The van der Waals surface area contributed by atoms with E-state index in [9.17, 15) is 4.39 Å². The number of ether oxygens (including phenoxy) is 1. The van der Waals surface area contributed by atoms with Crippen LogP contribution in [0, 0.1) is 11.7 Å². The van der Waals surface area contributed by atoms with Crippen LogP contribution in [-0.4, -0.2) is 31.2 Å². The third-order valence-electron chi connectivity index (χ3n) is 3.60. The Morgan fingerprint density at radius 3 is 3.00 bits per heavy atom. The van der Waals surface area contributed by atoms with E-state index in [1.165, 1.54) is 7.11 Å². The Balaban J connectivity index is 2.03. The molecule has 19 heavy (non-hydrogen) atoms. The first-order valence-electron chi connectivity index (χ1n) is 6.88. The minimum atomic E-state index is -0.198. The molecule has 0 saturated carbocycles. The summed E-state index contributed by atoms with van der Waals surface area (Å²) in [6.45, 7) is 3.22. The second-order valence-corrected chi connectivity index (χ2v) is 6.07. The second kappa shape index (κ2) is 7.15. The Hall–Kier alpha value is -0.740. The summed E-state index contributed by atoms with van der Waals surface area (Å²) in [5.74, 6) is 2.91. The van der Waals surface area contributed by atoms with Crippen molar-refractivity contribution in [3.05, 3.63) is 29.6 Å². The molecule has 0 spiro atoms. The van der Waals surface area contributed by atoms with Gasteiger partial charge in [0.15, 0.2) is 11.6 Å². The molecule has 1 saturated heterocycles. The number of methoxy groups -OCH3 is 1. The van der Waals surface area contributed by atoms with Crippen LogP contribution in [0.5, 0.6) is 5.75 Å². The molecule has 4 heteroatoms. The maximum atomic E-state index is 14.2. The first-order valence-corrected chi connectivity index (χ1v) is 8.04. The van der Waals surface area contributed by atoms with Crippen molar-refractivity contribution in [3.63, 3.8) is 0 Å². The van der Waals surface area contributed by atoms with Crippen LogP contribution in [0.15, 0.2) is 18.2 Å². The van der Waals surface area contributed by atoms with E-state index in [0.29, 0.717) is 17.7 Å². The fourth-order valence-electron chi connectivity index (χ4n) is 2.51. The van der Waals surface area contributed by atoms with E-state index in [1.54, 1.807) is 6.07 Å². The summed E-state index contributed by atoms with van der Waals surface area (Å²) in [6, 6.07) is 5.93. The Morgan fingerprint density at radius 1 is 1.42 bits per heavy atom. The Morgan fingerprint density at radius 2 is 2.26 bits per heavy atom. The highest BCUT2D eigenvalue weighted by molar-refractivity contribution is 7.99. The molecular weight excluding hydrogens is 261 g/mol. The van der Waals surface area contributed by atoms with Gasteiger partial charge in [0, 0.05) is 11.8 Å². The van der Waals surface area contributed by atoms with Crippen molar-refractivity contribution in [2.45, 2.75) is 25.8 Å². The number of halogens is 1. The second-order valence-electron chi connectivity index (χ2n) is 5.00. The molecule has 106 valence electrons. The van der Waals surface area contributed by atoms with Crippen molar-refractivity contribution in [3.8, 4) is 5.75 Å². The molecule has 0 aromatic heterocycles. The first kappa shape index (κ1) is 14.7. The van der Waals surface area contributed by atoms with E-state index in [0.717, 1.165) is 36.5 Å². The van der Waals surface area contributed by atoms with Gasteiger partial charge in [0.25, 0.3) is 0 Å². The van der Waals surface area contributed by atoms with Crippen LogP contribution in [0.1, 0.15) is 18.9 Å². The molecule has 1 heterocycles. The highest BCUT2D eigenvalue weighted by Gasteiger charge is 2.28. The molecule has 0 aliphatic carbocycles. The molecule has 0 amide bonds. The third kappa shape index (κ3) is 3.63. The minimum Gasteiger partial charge on any atom is -0.494 e. The molecule has 2 atom stereocenters. The van der Waals surface area contributed by atoms with E-state index in [-0.39, 0.29) is 5.82 Å². The van der Waals surface area contributed by atoms with Gasteiger partial charge in [-0.2, -0.15) is 11.8 Å². The maximum absolute atomic E-state index is 14.2. The van der Waals surface area contributed by atoms with Gasteiger partial charge in [0.1, 0.15) is 0 Å². The molecule has 1 aromatic rings. The number of hydrogen-bond acceptors (Lipinski definition) is 3. The van der Waals surface area contributed by atoms with Gasteiger partial charge in [-0.1, -0.05) is 19.1 Å². The topological polar surface area (TPSA) is 21.3 Å². The zero-order chi connectivity index (χ0) is 13.7. The lowest BCUT2D eigenvalue weighted by Crippen LogP contribution is -2.36. The minimum absolute atomic E-state index is 0.198. The Labute approximate surface area is 119 Å². The molecule has 1 aliphatic heterocycles. The number of thioether (sulfide) groups is 1. The van der Waals surface area contributed by atoms with Gasteiger partial charge < -0.3 is 10.1 Å².